The predicted octanol–water partition coefficient (Wildman–Crippen LogP) is 2.73. The second kappa shape index (κ2) is 6.13. The molecule has 9 atom stereocenters. The van der Waals surface area contributed by atoms with E-state index in [4.69, 9.17) is 28.4 Å². The van der Waals surface area contributed by atoms with Crippen molar-refractivity contribution in [1.82, 2.24) is 0 Å². The zero-order valence-electron chi connectivity index (χ0n) is 15.7. The first-order valence-electron chi connectivity index (χ1n) is 11.2. The topological polar surface area (TPSA) is 65.3 Å². The number of epoxide rings is 3. The van der Waals surface area contributed by atoms with Gasteiger partial charge in [-0.1, -0.05) is 0 Å². The highest BCUT2D eigenvalue weighted by Crippen LogP contribution is 2.48. The number of hydrogen-bond acceptors (Lipinski definition) is 6. The van der Waals surface area contributed by atoms with Crippen LogP contribution in [0, 0.1) is 17.8 Å². The molecule has 0 N–H and O–H groups in total. The molecule has 4 heterocycles. The van der Waals surface area contributed by atoms with Crippen LogP contribution in [-0.2, 0) is 28.4 Å². The minimum absolute atomic E-state index is 0.144. The summed E-state index contributed by atoms with van der Waals surface area (Å²) in [6.07, 6.45) is 12.5. The van der Waals surface area contributed by atoms with Crippen LogP contribution in [-0.4, -0.2) is 55.5 Å². The van der Waals surface area contributed by atoms with Crippen LogP contribution in [0.1, 0.15) is 57.8 Å². The van der Waals surface area contributed by atoms with Crippen LogP contribution in [0.5, 0.6) is 0 Å². The highest BCUT2D eigenvalue weighted by molar-refractivity contribution is 4.97. The van der Waals surface area contributed by atoms with Gasteiger partial charge in [0.2, 0.25) is 0 Å². The quantitative estimate of drug-likeness (QED) is 0.704. The summed E-state index contributed by atoms with van der Waals surface area (Å²) in [5.74, 6) is 1.30. The van der Waals surface area contributed by atoms with E-state index in [1.165, 1.54) is 0 Å². The Bertz CT molecular complexity index is 512. The summed E-state index contributed by atoms with van der Waals surface area (Å²) in [6.45, 7) is 0. The molecule has 0 amide bonds. The Morgan fingerprint density at radius 3 is 0.963 bits per heavy atom. The molecule has 0 spiro atoms. The van der Waals surface area contributed by atoms with Gasteiger partial charge in [-0.2, -0.15) is 0 Å². The van der Waals surface area contributed by atoms with Crippen molar-refractivity contribution in [1.29, 1.82) is 0 Å². The molecule has 6 heteroatoms. The lowest BCUT2D eigenvalue weighted by Crippen LogP contribution is -2.50. The average molecular weight is 378 g/mol. The molecule has 7 rings (SSSR count). The Morgan fingerprint density at radius 1 is 0.333 bits per heavy atom. The lowest BCUT2D eigenvalue weighted by atomic mass is 9.86. The normalized spacial score (nSPS) is 61.3. The zero-order valence-corrected chi connectivity index (χ0v) is 15.7. The molecule has 0 aromatic rings. The van der Waals surface area contributed by atoms with Crippen molar-refractivity contribution in [3.63, 3.8) is 0 Å². The van der Waals surface area contributed by atoms with Crippen molar-refractivity contribution in [2.24, 2.45) is 17.8 Å². The fraction of sp³-hybridized carbons (Fsp3) is 1.00. The summed E-state index contributed by atoms with van der Waals surface area (Å²) in [7, 11) is 0. The SMILES string of the molecule is C1CC2OC2CC1C1OC(C2CCC3OC3C2)OC(C2CCC3OC3C2)O1. The third kappa shape index (κ3) is 3.08. The fourth-order valence-corrected chi connectivity index (χ4v) is 6.21. The van der Waals surface area contributed by atoms with Gasteiger partial charge in [-0.05, 0) is 57.8 Å². The Balaban J connectivity index is 1.09. The van der Waals surface area contributed by atoms with Gasteiger partial charge in [0.05, 0.1) is 36.6 Å². The van der Waals surface area contributed by atoms with Crippen LogP contribution < -0.4 is 0 Å². The first-order valence-corrected chi connectivity index (χ1v) is 11.2. The maximum atomic E-state index is 6.47. The van der Waals surface area contributed by atoms with Crippen molar-refractivity contribution in [3.8, 4) is 0 Å². The van der Waals surface area contributed by atoms with Gasteiger partial charge in [-0.3, -0.25) is 0 Å². The van der Waals surface area contributed by atoms with Gasteiger partial charge in [-0.15, -0.1) is 0 Å². The maximum Gasteiger partial charge on any atom is 0.166 e. The fourth-order valence-electron chi connectivity index (χ4n) is 6.21. The van der Waals surface area contributed by atoms with Gasteiger partial charge < -0.3 is 28.4 Å². The molecule has 0 aromatic carbocycles. The van der Waals surface area contributed by atoms with E-state index in [2.05, 4.69) is 0 Å². The zero-order chi connectivity index (χ0) is 17.5. The Hall–Kier alpha value is -0.240. The average Bonchev–Trinajstić information content (AvgIpc) is 3.60. The van der Waals surface area contributed by atoms with E-state index in [-0.39, 0.29) is 18.9 Å². The van der Waals surface area contributed by atoms with E-state index in [1.54, 1.807) is 0 Å². The van der Waals surface area contributed by atoms with Crippen LogP contribution in [0.4, 0.5) is 0 Å². The summed E-state index contributed by atoms with van der Waals surface area (Å²) in [4.78, 5) is 0. The Labute approximate surface area is 160 Å². The summed E-state index contributed by atoms with van der Waals surface area (Å²) < 4.78 is 36.7. The largest absolute Gasteiger partial charge is 0.370 e. The molecule has 6 nitrogen and oxygen atoms in total. The number of ether oxygens (including phenoxy) is 6. The predicted molar refractivity (Wildman–Crippen MR) is 92.6 cm³/mol. The van der Waals surface area contributed by atoms with Gasteiger partial charge in [-0.25, -0.2) is 0 Å². The number of hydrogen-bond donors (Lipinski definition) is 0. The molecular formula is C21H30O6. The van der Waals surface area contributed by atoms with Gasteiger partial charge in [0.25, 0.3) is 0 Å². The summed E-state index contributed by atoms with van der Waals surface area (Å²) in [6, 6.07) is 0. The molecule has 150 valence electrons. The molecule has 3 aliphatic carbocycles. The van der Waals surface area contributed by atoms with E-state index in [0.29, 0.717) is 54.4 Å². The summed E-state index contributed by atoms with van der Waals surface area (Å²) >= 11 is 0. The van der Waals surface area contributed by atoms with Crippen LogP contribution in [0.25, 0.3) is 0 Å². The molecule has 7 fully saturated rings. The number of fused-ring (bicyclic) bond motifs is 3. The molecule has 7 aliphatic rings. The van der Waals surface area contributed by atoms with Gasteiger partial charge >= 0.3 is 0 Å². The Kier molecular flexibility index (Phi) is 3.76. The maximum absolute atomic E-state index is 6.47. The number of rotatable bonds is 3. The molecule has 4 saturated heterocycles. The van der Waals surface area contributed by atoms with Crippen molar-refractivity contribution >= 4 is 0 Å². The first-order chi connectivity index (χ1) is 13.3. The van der Waals surface area contributed by atoms with Crippen LogP contribution >= 0.6 is 0 Å². The Morgan fingerprint density at radius 2 is 0.667 bits per heavy atom. The summed E-state index contributed by atoms with van der Waals surface area (Å²) in [5.41, 5.74) is 0. The third-order valence-electron chi connectivity index (χ3n) is 8.09. The molecule has 0 aromatic heterocycles. The van der Waals surface area contributed by atoms with E-state index >= 15 is 0 Å². The van der Waals surface area contributed by atoms with Crippen LogP contribution in [0.15, 0.2) is 0 Å². The van der Waals surface area contributed by atoms with Gasteiger partial charge in [0, 0.05) is 17.8 Å². The smallest absolute Gasteiger partial charge is 0.166 e. The van der Waals surface area contributed by atoms with Gasteiger partial charge in [0.1, 0.15) is 0 Å². The standard InChI is InChI=1S/C21H30O6/c1-4-13-16(22-13)7-10(1)19-25-20(11-2-5-14-17(8-11)23-14)27-21(26-19)12-3-6-15-18(9-12)24-15/h10-21H,1-9H2. The molecule has 27 heavy (non-hydrogen) atoms. The molecule has 3 saturated carbocycles. The highest BCUT2D eigenvalue weighted by Gasteiger charge is 2.53. The third-order valence-corrected chi connectivity index (χ3v) is 8.09. The van der Waals surface area contributed by atoms with Gasteiger partial charge in [0.15, 0.2) is 18.9 Å². The minimum atomic E-state index is -0.144. The monoisotopic (exact) mass is 378 g/mol. The summed E-state index contributed by atoms with van der Waals surface area (Å²) in [5, 5.41) is 0. The van der Waals surface area contributed by atoms with Crippen LogP contribution in [0.2, 0.25) is 0 Å². The van der Waals surface area contributed by atoms with E-state index in [9.17, 15) is 0 Å². The molecule has 0 radical (unpaired) electrons. The minimum Gasteiger partial charge on any atom is -0.370 e. The van der Waals surface area contributed by atoms with Crippen molar-refractivity contribution < 1.29 is 28.4 Å². The molecule has 4 aliphatic heterocycles. The van der Waals surface area contributed by atoms with E-state index in [0.717, 1.165) is 57.8 Å². The highest BCUT2D eigenvalue weighted by atomic mass is 16.9. The van der Waals surface area contributed by atoms with Crippen LogP contribution in [0.3, 0.4) is 0 Å². The van der Waals surface area contributed by atoms with Crippen molar-refractivity contribution in [2.75, 3.05) is 0 Å². The van der Waals surface area contributed by atoms with E-state index in [1.807, 2.05) is 0 Å². The van der Waals surface area contributed by atoms with Crippen molar-refractivity contribution in [3.05, 3.63) is 0 Å². The lowest BCUT2D eigenvalue weighted by molar-refractivity contribution is -0.417. The van der Waals surface area contributed by atoms with Crippen molar-refractivity contribution in [2.45, 2.75) is 113 Å². The second-order valence-electron chi connectivity index (χ2n) is 9.87. The first kappa shape index (κ1) is 16.5. The molecule has 9 unspecified atom stereocenters. The molecular weight excluding hydrogens is 348 g/mol. The second-order valence-corrected chi connectivity index (χ2v) is 9.87. The molecule has 0 bridgehead atoms. The lowest BCUT2D eigenvalue weighted by Gasteiger charge is -2.45. The van der Waals surface area contributed by atoms with E-state index < -0.39 is 0 Å².